The van der Waals surface area contributed by atoms with Crippen LogP contribution in [0.15, 0.2) is 109 Å². The first-order valence-corrected chi connectivity index (χ1v) is 28.4. The molecule has 0 N–H and O–H groups in total. The van der Waals surface area contributed by atoms with Gasteiger partial charge in [-0.3, -0.25) is 14.4 Å². The molecule has 6 nitrogen and oxygen atoms in total. The summed E-state index contributed by atoms with van der Waals surface area (Å²) in [7, 11) is 0. The summed E-state index contributed by atoms with van der Waals surface area (Å²) < 4.78 is 16.8. The second kappa shape index (κ2) is 56.7. The first-order chi connectivity index (χ1) is 34.0. The fourth-order valence-electron chi connectivity index (χ4n) is 7.52. The Hall–Kier alpha value is -3.93. The van der Waals surface area contributed by atoms with Crippen LogP contribution in [0.3, 0.4) is 0 Å². The third-order valence-electron chi connectivity index (χ3n) is 11.8. The van der Waals surface area contributed by atoms with E-state index in [9.17, 15) is 14.4 Å². The number of rotatable bonds is 50. The lowest BCUT2D eigenvalue weighted by Gasteiger charge is -2.18. The molecule has 0 aromatic carbocycles. The SMILES string of the molecule is CC/C=C\C/C=C\C/C=C\C/C=C\C/C=C\CCCCCC(=O)OC[C@@H](COC(=O)CCCCCCCCCCCCCCCCC)OC(=O)CCC/C=C\C/C=C\C/C=C\C/C=C\CCCCC. The minimum absolute atomic E-state index is 0.110. The molecule has 1 atom stereocenters. The Morgan fingerprint density at radius 1 is 0.304 bits per heavy atom. The molecule has 0 aromatic heterocycles. The summed E-state index contributed by atoms with van der Waals surface area (Å²) >= 11 is 0. The van der Waals surface area contributed by atoms with E-state index in [1.54, 1.807) is 0 Å². The zero-order chi connectivity index (χ0) is 50.0. The molecule has 0 aliphatic carbocycles. The Morgan fingerprint density at radius 2 is 0.580 bits per heavy atom. The highest BCUT2D eigenvalue weighted by Gasteiger charge is 2.19. The normalized spacial score (nSPS) is 12.9. The maximum Gasteiger partial charge on any atom is 0.306 e. The molecule has 0 unspecified atom stereocenters. The second-order valence-corrected chi connectivity index (χ2v) is 18.5. The third-order valence-corrected chi connectivity index (χ3v) is 11.8. The molecule has 0 fully saturated rings. The van der Waals surface area contributed by atoms with E-state index in [1.807, 2.05) is 0 Å². The summed E-state index contributed by atoms with van der Waals surface area (Å²) in [5, 5.41) is 0. The molecule has 0 aliphatic heterocycles. The molecule has 0 saturated heterocycles. The van der Waals surface area contributed by atoms with Crippen molar-refractivity contribution in [3.63, 3.8) is 0 Å². The van der Waals surface area contributed by atoms with Gasteiger partial charge in [-0.2, -0.15) is 0 Å². The molecule has 0 heterocycles. The minimum atomic E-state index is -0.821. The van der Waals surface area contributed by atoms with Crippen molar-refractivity contribution < 1.29 is 28.6 Å². The summed E-state index contributed by atoms with van der Waals surface area (Å²) in [5.74, 6) is -0.999. The van der Waals surface area contributed by atoms with Crippen LogP contribution in [0.25, 0.3) is 0 Å². The molecular formula is C63H104O6. The van der Waals surface area contributed by atoms with Crippen molar-refractivity contribution in [2.75, 3.05) is 13.2 Å². The van der Waals surface area contributed by atoms with E-state index in [2.05, 4.69) is 130 Å². The monoisotopic (exact) mass is 957 g/mol. The Balaban J connectivity index is 4.54. The van der Waals surface area contributed by atoms with Crippen LogP contribution >= 0.6 is 0 Å². The predicted octanol–water partition coefficient (Wildman–Crippen LogP) is 19.1. The quantitative estimate of drug-likeness (QED) is 0.0262. The smallest absolute Gasteiger partial charge is 0.306 e. The van der Waals surface area contributed by atoms with Gasteiger partial charge in [0.15, 0.2) is 6.10 Å². The largest absolute Gasteiger partial charge is 0.462 e. The van der Waals surface area contributed by atoms with Crippen LogP contribution in [0.1, 0.15) is 252 Å². The molecule has 0 bridgehead atoms. The summed E-state index contributed by atoms with van der Waals surface area (Å²) in [6.45, 7) is 6.43. The van der Waals surface area contributed by atoms with Gasteiger partial charge in [-0.05, 0) is 103 Å². The molecule has 0 radical (unpaired) electrons. The summed E-state index contributed by atoms with van der Waals surface area (Å²) in [5.41, 5.74) is 0. The van der Waals surface area contributed by atoms with Crippen LogP contribution in [0.4, 0.5) is 0 Å². The van der Waals surface area contributed by atoms with E-state index in [1.165, 1.54) is 103 Å². The van der Waals surface area contributed by atoms with Crippen molar-refractivity contribution in [2.24, 2.45) is 0 Å². The van der Waals surface area contributed by atoms with Crippen LogP contribution in [0, 0.1) is 0 Å². The molecule has 0 aliphatic rings. The molecule has 0 rings (SSSR count). The van der Waals surface area contributed by atoms with Gasteiger partial charge in [0, 0.05) is 19.3 Å². The highest BCUT2D eigenvalue weighted by Crippen LogP contribution is 2.15. The van der Waals surface area contributed by atoms with Crippen LogP contribution < -0.4 is 0 Å². The number of carbonyl (C=O) groups excluding carboxylic acids is 3. The van der Waals surface area contributed by atoms with Crippen LogP contribution in [0.5, 0.6) is 0 Å². The van der Waals surface area contributed by atoms with E-state index in [0.717, 1.165) is 103 Å². The summed E-state index contributed by atoms with van der Waals surface area (Å²) in [4.78, 5) is 38.1. The second-order valence-electron chi connectivity index (χ2n) is 18.5. The Labute approximate surface area is 425 Å². The number of ether oxygens (including phenoxy) is 3. The maximum absolute atomic E-state index is 12.8. The molecule has 6 heteroatoms. The lowest BCUT2D eigenvalue weighted by Crippen LogP contribution is -2.30. The fourth-order valence-corrected chi connectivity index (χ4v) is 7.52. The molecule has 0 amide bonds. The molecule has 69 heavy (non-hydrogen) atoms. The predicted molar refractivity (Wildman–Crippen MR) is 297 cm³/mol. The van der Waals surface area contributed by atoms with Gasteiger partial charge in [-0.25, -0.2) is 0 Å². The first kappa shape index (κ1) is 65.1. The maximum atomic E-state index is 12.8. The van der Waals surface area contributed by atoms with Crippen molar-refractivity contribution in [1.82, 2.24) is 0 Å². The number of hydrogen-bond acceptors (Lipinski definition) is 6. The van der Waals surface area contributed by atoms with Crippen LogP contribution in [-0.2, 0) is 28.6 Å². The van der Waals surface area contributed by atoms with Crippen LogP contribution in [0.2, 0.25) is 0 Å². The Morgan fingerprint density at radius 3 is 0.957 bits per heavy atom. The molecular weight excluding hydrogens is 853 g/mol. The molecule has 392 valence electrons. The number of unbranched alkanes of at least 4 members (excludes halogenated alkanes) is 21. The minimum Gasteiger partial charge on any atom is -0.462 e. The summed E-state index contributed by atoms with van der Waals surface area (Å²) in [6.07, 6.45) is 76.5. The van der Waals surface area contributed by atoms with Gasteiger partial charge in [0.05, 0.1) is 0 Å². The number of carbonyl (C=O) groups is 3. The first-order valence-electron chi connectivity index (χ1n) is 28.4. The standard InChI is InChI=1S/C63H104O6/c1-4-7-10-13-16-19-22-25-28-30-31-33-35-38-41-44-47-50-53-56-62(65)68-59-60(58-67-61(64)55-52-49-46-43-40-37-34-27-24-21-18-15-12-9-6-3)69-63(66)57-54-51-48-45-42-39-36-32-29-26-23-20-17-14-11-8-5-2/h7,10,16-17,19-20,25-26,28-29,31,33,36,38-39,41,45,48,60H,4-6,8-9,11-15,18,21-24,27,30,32,34-35,37,40,42-44,46-47,49-59H2,1-3H3/b10-7-,19-16-,20-17-,28-25-,29-26-,33-31-,39-36-,41-38-,48-45-/t60-/m1/s1. The zero-order valence-corrected chi connectivity index (χ0v) is 44.8. The highest BCUT2D eigenvalue weighted by molar-refractivity contribution is 5.71. The van der Waals surface area contributed by atoms with E-state index in [-0.39, 0.29) is 37.5 Å². The lowest BCUT2D eigenvalue weighted by molar-refractivity contribution is -0.167. The average molecular weight is 958 g/mol. The van der Waals surface area contributed by atoms with E-state index < -0.39 is 6.10 Å². The average Bonchev–Trinajstić information content (AvgIpc) is 3.35. The number of allylic oxidation sites excluding steroid dienone is 18. The van der Waals surface area contributed by atoms with Gasteiger partial charge in [-0.1, -0.05) is 239 Å². The van der Waals surface area contributed by atoms with Gasteiger partial charge in [0.2, 0.25) is 0 Å². The third kappa shape index (κ3) is 54.9. The zero-order valence-electron chi connectivity index (χ0n) is 44.8. The number of esters is 3. The van der Waals surface area contributed by atoms with E-state index in [4.69, 9.17) is 14.2 Å². The van der Waals surface area contributed by atoms with Crippen molar-refractivity contribution in [2.45, 2.75) is 258 Å². The topological polar surface area (TPSA) is 78.9 Å². The van der Waals surface area contributed by atoms with Crippen molar-refractivity contribution in [3.05, 3.63) is 109 Å². The van der Waals surface area contributed by atoms with Crippen LogP contribution in [-0.4, -0.2) is 37.2 Å². The van der Waals surface area contributed by atoms with E-state index in [0.29, 0.717) is 19.3 Å². The van der Waals surface area contributed by atoms with Gasteiger partial charge in [-0.15, -0.1) is 0 Å². The van der Waals surface area contributed by atoms with Crippen molar-refractivity contribution in [1.29, 1.82) is 0 Å². The van der Waals surface area contributed by atoms with Crippen molar-refractivity contribution in [3.8, 4) is 0 Å². The Bertz CT molecular complexity index is 1420. The lowest BCUT2D eigenvalue weighted by atomic mass is 10.0. The van der Waals surface area contributed by atoms with Crippen molar-refractivity contribution >= 4 is 17.9 Å². The fraction of sp³-hybridized carbons (Fsp3) is 0.667. The summed E-state index contributed by atoms with van der Waals surface area (Å²) in [6, 6.07) is 0. The van der Waals surface area contributed by atoms with Gasteiger partial charge >= 0.3 is 17.9 Å². The molecule has 0 aromatic rings. The van der Waals surface area contributed by atoms with Gasteiger partial charge in [0.1, 0.15) is 13.2 Å². The van der Waals surface area contributed by atoms with E-state index >= 15 is 0 Å². The molecule has 0 saturated carbocycles. The molecule has 0 spiro atoms. The van der Waals surface area contributed by atoms with Gasteiger partial charge < -0.3 is 14.2 Å². The number of hydrogen-bond donors (Lipinski definition) is 0. The Kier molecular flexibility index (Phi) is 53.4. The van der Waals surface area contributed by atoms with Gasteiger partial charge in [0.25, 0.3) is 0 Å². The highest BCUT2D eigenvalue weighted by atomic mass is 16.6.